The van der Waals surface area contributed by atoms with Gasteiger partial charge in [0.25, 0.3) is 0 Å². The number of ether oxygens (including phenoxy) is 1. The summed E-state index contributed by atoms with van der Waals surface area (Å²) in [5.74, 6) is 0.579. The van der Waals surface area contributed by atoms with E-state index in [0.29, 0.717) is 22.5 Å². The highest BCUT2D eigenvalue weighted by Gasteiger charge is 2.05. The molecule has 0 aliphatic rings. The number of fused-ring (bicyclic) bond motifs is 1. The minimum absolute atomic E-state index is 0.317. The highest BCUT2D eigenvalue weighted by atomic mass is 19.1. The zero-order valence-electron chi connectivity index (χ0n) is 7.62. The van der Waals surface area contributed by atoms with Gasteiger partial charge >= 0.3 is 0 Å². The van der Waals surface area contributed by atoms with E-state index in [1.54, 1.807) is 12.1 Å². The van der Waals surface area contributed by atoms with Crippen LogP contribution < -0.4 is 10.5 Å². The fraction of sp³-hybridized carbons (Fsp3) is 0.100. The van der Waals surface area contributed by atoms with Gasteiger partial charge in [0.15, 0.2) is 0 Å². The number of hydrogen-bond acceptors (Lipinski definition) is 3. The molecule has 0 amide bonds. The quantitative estimate of drug-likeness (QED) is 0.751. The molecule has 3 nitrogen and oxygen atoms in total. The molecular weight excluding hydrogens is 183 g/mol. The Bertz CT molecular complexity index is 485. The molecule has 0 spiro atoms. The Hall–Kier alpha value is -1.84. The first-order valence-electron chi connectivity index (χ1n) is 4.10. The van der Waals surface area contributed by atoms with Crippen molar-refractivity contribution in [2.75, 3.05) is 12.8 Å². The molecule has 0 aliphatic heterocycles. The fourth-order valence-corrected chi connectivity index (χ4v) is 1.36. The van der Waals surface area contributed by atoms with E-state index in [1.807, 2.05) is 0 Å². The standard InChI is InChI=1S/C10H9FN2O/c1-14-9-5-10(12)13-8-3-2-6(11)4-7(8)9/h2-5H,1H3,(H2,12,13). The van der Waals surface area contributed by atoms with Gasteiger partial charge in [-0.1, -0.05) is 0 Å². The maximum atomic E-state index is 12.9. The van der Waals surface area contributed by atoms with E-state index in [4.69, 9.17) is 10.5 Å². The van der Waals surface area contributed by atoms with Crippen molar-refractivity contribution >= 4 is 16.7 Å². The molecule has 0 atom stereocenters. The van der Waals surface area contributed by atoms with Crippen LogP contribution in [0.1, 0.15) is 0 Å². The molecule has 2 aromatic rings. The third-order valence-electron chi connectivity index (χ3n) is 1.97. The van der Waals surface area contributed by atoms with Crippen LogP contribution in [-0.4, -0.2) is 12.1 Å². The molecule has 0 radical (unpaired) electrons. The lowest BCUT2D eigenvalue weighted by atomic mass is 10.2. The van der Waals surface area contributed by atoms with Crippen LogP contribution in [0, 0.1) is 5.82 Å². The Morgan fingerprint density at radius 1 is 1.36 bits per heavy atom. The molecule has 1 heterocycles. The summed E-state index contributed by atoms with van der Waals surface area (Å²) in [7, 11) is 1.51. The number of methoxy groups -OCH3 is 1. The molecule has 2 rings (SSSR count). The normalized spacial score (nSPS) is 10.4. The van der Waals surface area contributed by atoms with E-state index in [0.717, 1.165) is 0 Å². The average Bonchev–Trinajstić information content (AvgIpc) is 2.17. The van der Waals surface area contributed by atoms with E-state index < -0.39 is 0 Å². The molecule has 0 saturated carbocycles. The van der Waals surface area contributed by atoms with Crippen molar-refractivity contribution < 1.29 is 9.13 Å². The van der Waals surface area contributed by atoms with Crippen LogP contribution in [0.5, 0.6) is 5.75 Å². The van der Waals surface area contributed by atoms with Gasteiger partial charge < -0.3 is 10.5 Å². The van der Waals surface area contributed by atoms with Gasteiger partial charge in [0, 0.05) is 11.5 Å². The average molecular weight is 192 g/mol. The Morgan fingerprint density at radius 3 is 2.86 bits per heavy atom. The zero-order valence-corrected chi connectivity index (χ0v) is 7.62. The minimum atomic E-state index is -0.317. The number of benzene rings is 1. The molecule has 2 N–H and O–H groups in total. The molecule has 0 unspecified atom stereocenters. The SMILES string of the molecule is COc1cc(N)nc2ccc(F)cc12. The Kier molecular flexibility index (Phi) is 1.96. The molecule has 0 fully saturated rings. The molecule has 72 valence electrons. The summed E-state index contributed by atoms with van der Waals surface area (Å²) < 4.78 is 18.0. The molecule has 4 heteroatoms. The van der Waals surface area contributed by atoms with Crippen molar-refractivity contribution in [1.29, 1.82) is 0 Å². The van der Waals surface area contributed by atoms with Gasteiger partial charge in [-0.2, -0.15) is 0 Å². The molecule has 0 bridgehead atoms. The van der Waals surface area contributed by atoms with Gasteiger partial charge in [-0.25, -0.2) is 9.37 Å². The summed E-state index contributed by atoms with van der Waals surface area (Å²) in [6.07, 6.45) is 0. The molecule has 14 heavy (non-hydrogen) atoms. The second-order valence-electron chi connectivity index (χ2n) is 2.91. The summed E-state index contributed by atoms with van der Waals surface area (Å²) in [5, 5.41) is 0.627. The third kappa shape index (κ3) is 1.35. The van der Waals surface area contributed by atoms with Gasteiger partial charge in [0.05, 0.1) is 12.6 Å². The Labute approximate surface area is 80.3 Å². The number of nitrogens with two attached hydrogens (primary N) is 1. The largest absolute Gasteiger partial charge is 0.496 e. The highest BCUT2D eigenvalue weighted by Crippen LogP contribution is 2.26. The maximum Gasteiger partial charge on any atom is 0.132 e. The van der Waals surface area contributed by atoms with Crippen molar-refractivity contribution in [1.82, 2.24) is 4.98 Å². The lowest BCUT2D eigenvalue weighted by Crippen LogP contribution is -1.94. The highest BCUT2D eigenvalue weighted by molar-refractivity contribution is 5.86. The smallest absolute Gasteiger partial charge is 0.132 e. The van der Waals surface area contributed by atoms with Crippen LogP contribution in [-0.2, 0) is 0 Å². The summed E-state index contributed by atoms with van der Waals surface area (Å²) >= 11 is 0. The van der Waals surface area contributed by atoms with Gasteiger partial charge in [0.2, 0.25) is 0 Å². The molecule has 0 saturated heterocycles. The van der Waals surface area contributed by atoms with Gasteiger partial charge in [-0.3, -0.25) is 0 Å². The first-order chi connectivity index (χ1) is 6.70. The summed E-state index contributed by atoms with van der Waals surface area (Å²) in [5.41, 5.74) is 6.18. The van der Waals surface area contributed by atoms with Crippen molar-refractivity contribution in [2.24, 2.45) is 0 Å². The first-order valence-corrected chi connectivity index (χ1v) is 4.10. The number of aromatic nitrogens is 1. The number of halogens is 1. The van der Waals surface area contributed by atoms with E-state index in [1.165, 1.54) is 19.2 Å². The van der Waals surface area contributed by atoms with Crippen LogP contribution >= 0.6 is 0 Å². The lowest BCUT2D eigenvalue weighted by molar-refractivity contribution is 0.419. The first kappa shape index (κ1) is 8.74. The number of nitrogens with zero attached hydrogens (tertiary/aromatic N) is 1. The number of pyridine rings is 1. The van der Waals surface area contributed by atoms with Gasteiger partial charge in [-0.15, -0.1) is 0 Å². The fourth-order valence-electron chi connectivity index (χ4n) is 1.36. The van der Waals surface area contributed by atoms with Gasteiger partial charge in [0.1, 0.15) is 17.4 Å². The predicted molar refractivity (Wildman–Crippen MR) is 52.7 cm³/mol. The Morgan fingerprint density at radius 2 is 2.14 bits per heavy atom. The number of hydrogen-bond donors (Lipinski definition) is 1. The van der Waals surface area contributed by atoms with Gasteiger partial charge in [-0.05, 0) is 18.2 Å². The van der Waals surface area contributed by atoms with E-state index in [9.17, 15) is 4.39 Å². The molecular formula is C10H9FN2O. The van der Waals surface area contributed by atoms with Crippen molar-refractivity contribution in [3.05, 3.63) is 30.1 Å². The maximum absolute atomic E-state index is 12.9. The van der Waals surface area contributed by atoms with Crippen LogP contribution in [0.25, 0.3) is 10.9 Å². The van der Waals surface area contributed by atoms with Crippen molar-refractivity contribution in [3.63, 3.8) is 0 Å². The van der Waals surface area contributed by atoms with Crippen LogP contribution in [0.2, 0.25) is 0 Å². The van der Waals surface area contributed by atoms with Crippen molar-refractivity contribution in [3.8, 4) is 5.75 Å². The molecule has 1 aromatic heterocycles. The van der Waals surface area contributed by atoms with E-state index in [-0.39, 0.29) is 5.82 Å². The topological polar surface area (TPSA) is 48.1 Å². The number of rotatable bonds is 1. The van der Waals surface area contributed by atoms with Crippen LogP contribution in [0.15, 0.2) is 24.3 Å². The van der Waals surface area contributed by atoms with E-state index in [2.05, 4.69) is 4.98 Å². The minimum Gasteiger partial charge on any atom is -0.496 e. The lowest BCUT2D eigenvalue weighted by Gasteiger charge is -2.05. The summed E-state index contributed by atoms with van der Waals surface area (Å²) in [6, 6.07) is 5.86. The third-order valence-corrected chi connectivity index (χ3v) is 1.97. The Balaban J connectivity index is 2.81. The number of nitrogen functional groups attached to an aromatic ring is 1. The monoisotopic (exact) mass is 192 g/mol. The second-order valence-corrected chi connectivity index (χ2v) is 2.91. The van der Waals surface area contributed by atoms with E-state index >= 15 is 0 Å². The van der Waals surface area contributed by atoms with Crippen LogP contribution in [0.3, 0.4) is 0 Å². The predicted octanol–water partition coefficient (Wildman–Crippen LogP) is 1.96. The summed E-state index contributed by atoms with van der Waals surface area (Å²) in [4.78, 5) is 4.06. The molecule has 0 aliphatic carbocycles. The second kappa shape index (κ2) is 3.14. The van der Waals surface area contributed by atoms with Crippen LogP contribution in [0.4, 0.5) is 10.2 Å². The number of anilines is 1. The van der Waals surface area contributed by atoms with Crippen molar-refractivity contribution in [2.45, 2.75) is 0 Å². The zero-order chi connectivity index (χ0) is 10.1. The summed E-state index contributed by atoms with van der Waals surface area (Å²) in [6.45, 7) is 0. The molecule has 1 aromatic carbocycles.